The van der Waals surface area contributed by atoms with Gasteiger partial charge in [0, 0.05) is 35.6 Å². The second-order valence-electron chi connectivity index (χ2n) is 8.75. The van der Waals surface area contributed by atoms with Crippen LogP contribution < -0.4 is 0 Å². The van der Waals surface area contributed by atoms with E-state index in [2.05, 4.69) is 64.0 Å². The van der Waals surface area contributed by atoms with E-state index in [0.717, 1.165) is 24.0 Å². The second-order valence-corrected chi connectivity index (χ2v) is 8.75. The molecule has 3 aromatic heterocycles. The molecule has 0 aliphatic heterocycles. The van der Waals surface area contributed by atoms with Gasteiger partial charge in [0.05, 0.1) is 5.52 Å². The van der Waals surface area contributed by atoms with Crippen molar-refractivity contribution in [2.24, 2.45) is 0 Å². The molecule has 3 aromatic carbocycles. The number of aromatic nitrogens is 3. The molecule has 2 aliphatic rings. The summed E-state index contributed by atoms with van der Waals surface area (Å²) in [5.41, 5.74) is 13.4. The van der Waals surface area contributed by atoms with Crippen molar-refractivity contribution >= 4 is 27.3 Å². The first-order valence-corrected chi connectivity index (χ1v) is 10.7. The second kappa shape index (κ2) is 5.38. The van der Waals surface area contributed by atoms with Crippen molar-refractivity contribution in [3.05, 3.63) is 102 Å². The maximum Gasteiger partial charge on any atom is 0.145 e. The lowest BCUT2D eigenvalue weighted by molar-refractivity contribution is 1.24. The van der Waals surface area contributed by atoms with Gasteiger partial charge in [-0.1, -0.05) is 24.3 Å². The van der Waals surface area contributed by atoms with E-state index >= 15 is 0 Å². The third kappa shape index (κ3) is 1.94. The van der Waals surface area contributed by atoms with E-state index in [9.17, 15) is 0 Å². The molecule has 0 spiro atoms. The average Bonchev–Trinajstić information content (AvgIpc) is 3.51. The van der Waals surface area contributed by atoms with Crippen molar-refractivity contribution in [1.29, 1.82) is 0 Å². The van der Waals surface area contributed by atoms with Gasteiger partial charge in [0.15, 0.2) is 0 Å². The van der Waals surface area contributed by atoms with Crippen LogP contribution in [-0.4, -0.2) is 14.4 Å². The maximum absolute atomic E-state index is 4.71. The van der Waals surface area contributed by atoms with Crippen molar-refractivity contribution in [3.8, 4) is 22.3 Å². The van der Waals surface area contributed by atoms with Gasteiger partial charge in [0.2, 0.25) is 0 Å². The fourth-order valence-electron chi connectivity index (χ4n) is 5.78. The van der Waals surface area contributed by atoms with E-state index in [1.807, 2.05) is 24.8 Å². The molecule has 0 unspecified atom stereocenters. The number of hydrogen-bond donors (Lipinski definition) is 0. The van der Waals surface area contributed by atoms with Crippen molar-refractivity contribution in [2.45, 2.75) is 12.8 Å². The Morgan fingerprint density at radius 2 is 1.42 bits per heavy atom. The van der Waals surface area contributed by atoms with E-state index < -0.39 is 0 Å². The summed E-state index contributed by atoms with van der Waals surface area (Å²) in [6, 6.07) is 20.5. The van der Waals surface area contributed by atoms with Crippen molar-refractivity contribution in [2.75, 3.05) is 0 Å². The third-order valence-electron chi connectivity index (χ3n) is 7.16. The normalized spacial score (nSPS) is 13.5. The number of pyridine rings is 2. The Hall–Kier alpha value is -3.98. The summed E-state index contributed by atoms with van der Waals surface area (Å²) in [6.07, 6.45) is 9.79. The molecule has 0 radical (unpaired) electrons. The highest BCUT2D eigenvalue weighted by molar-refractivity contribution is 6.13. The molecule has 8 rings (SSSR count). The van der Waals surface area contributed by atoms with Gasteiger partial charge >= 0.3 is 0 Å². The first kappa shape index (κ1) is 15.8. The number of fused-ring (bicyclic) bond motifs is 12. The average molecular weight is 395 g/mol. The number of imidazole rings is 1. The summed E-state index contributed by atoms with van der Waals surface area (Å²) in [6.45, 7) is 0. The lowest BCUT2D eigenvalue weighted by Crippen LogP contribution is -1.92. The quantitative estimate of drug-likeness (QED) is 0.287. The standard InChI is InChI=1S/C28H17N3/c1-2-4-20-16(3-1)9-17-12-22-18(11-21(17)20)10-19-13-24-25(14-23(19)22)28-30-7-8-31(28)27-5-6-29-15-26(24)27/h1-8,11-15H,9-10H2. The zero-order valence-electron chi connectivity index (χ0n) is 16.8. The minimum atomic E-state index is 0.984. The molecule has 0 N–H and O–H groups in total. The zero-order chi connectivity index (χ0) is 20.1. The monoisotopic (exact) mass is 395 g/mol. The van der Waals surface area contributed by atoms with Crippen molar-refractivity contribution in [3.63, 3.8) is 0 Å². The zero-order valence-corrected chi connectivity index (χ0v) is 16.8. The SMILES string of the molecule is c1ccc2c(c1)Cc1cc3c(cc1-2)Cc1cc2c4cnccc4n4ccnc4c2cc1-3. The van der Waals surface area contributed by atoms with Crippen LogP contribution in [0.1, 0.15) is 22.3 Å². The van der Waals surface area contributed by atoms with E-state index in [0.29, 0.717) is 0 Å². The highest BCUT2D eigenvalue weighted by Gasteiger charge is 2.26. The molecular formula is C28H17N3. The lowest BCUT2D eigenvalue weighted by Gasteiger charge is -2.11. The molecule has 3 nitrogen and oxygen atoms in total. The summed E-state index contributed by atoms with van der Waals surface area (Å²) in [5, 5.41) is 3.62. The minimum absolute atomic E-state index is 0.984. The molecule has 2 aliphatic carbocycles. The summed E-state index contributed by atoms with van der Waals surface area (Å²) in [4.78, 5) is 9.12. The minimum Gasteiger partial charge on any atom is -0.299 e. The molecule has 0 bridgehead atoms. The summed E-state index contributed by atoms with van der Waals surface area (Å²) >= 11 is 0. The van der Waals surface area contributed by atoms with Crippen LogP contribution >= 0.6 is 0 Å². The van der Waals surface area contributed by atoms with Crippen molar-refractivity contribution in [1.82, 2.24) is 14.4 Å². The Kier molecular flexibility index (Phi) is 2.74. The van der Waals surface area contributed by atoms with Crippen LogP contribution in [0.15, 0.2) is 79.4 Å². The molecular weight excluding hydrogens is 378 g/mol. The van der Waals surface area contributed by atoms with Gasteiger partial charge in [-0.05, 0) is 93.1 Å². The van der Waals surface area contributed by atoms with Gasteiger partial charge < -0.3 is 0 Å². The number of nitrogens with zero attached hydrogens (tertiary/aromatic N) is 3. The molecule has 144 valence electrons. The van der Waals surface area contributed by atoms with Gasteiger partial charge in [-0.25, -0.2) is 4.98 Å². The number of benzene rings is 3. The maximum atomic E-state index is 4.71. The van der Waals surface area contributed by atoms with E-state index in [-0.39, 0.29) is 0 Å². The van der Waals surface area contributed by atoms with Crippen molar-refractivity contribution < 1.29 is 0 Å². The molecule has 0 saturated carbocycles. The smallest absolute Gasteiger partial charge is 0.145 e. The molecule has 6 aromatic rings. The molecule has 0 amide bonds. The van der Waals surface area contributed by atoms with Crippen LogP contribution in [0.5, 0.6) is 0 Å². The Labute approximate surface area is 178 Å². The molecule has 0 fully saturated rings. The molecule has 3 heterocycles. The van der Waals surface area contributed by atoms with Gasteiger partial charge in [0.25, 0.3) is 0 Å². The first-order valence-electron chi connectivity index (χ1n) is 10.7. The van der Waals surface area contributed by atoms with Crippen LogP contribution in [0.2, 0.25) is 0 Å². The van der Waals surface area contributed by atoms with Crippen LogP contribution in [0.25, 0.3) is 49.6 Å². The fourth-order valence-corrected chi connectivity index (χ4v) is 5.78. The van der Waals surface area contributed by atoms with Crippen LogP contribution in [0, 0.1) is 0 Å². The number of rotatable bonds is 0. The fraction of sp³-hybridized carbons (Fsp3) is 0.0714. The number of hydrogen-bond acceptors (Lipinski definition) is 2. The van der Waals surface area contributed by atoms with Gasteiger partial charge in [-0.15, -0.1) is 0 Å². The predicted molar refractivity (Wildman–Crippen MR) is 124 cm³/mol. The largest absolute Gasteiger partial charge is 0.299 e. The highest BCUT2D eigenvalue weighted by Crippen LogP contribution is 2.46. The Bertz CT molecular complexity index is 1740. The predicted octanol–water partition coefficient (Wildman–Crippen LogP) is 6.18. The molecule has 0 saturated heterocycles. The van der Waals surface area contributed by atoms with E-state index in [1.165, 1.54) is 60.7 Å². The summed E-state index contributed by atoms with van der Waals surface area (Å²) < 4.78 is 2.18. The van der Waals surface area contributed by atoms with E-state index in [4.69, 9.17) is 4.98 Å². The van der Waals surface area contributed by atoms with Crippen LogP contribution in [0.4, 0.5) is 0 Å². The Balaban J connectivity index is 1.43. The van der Waals surface area contributed by atoms with Crippen LogP contribution in [0.3, 0.4) is 0 Å². The highest BCUT2D eigenvalue weighted by atomic mass is 15.0. The van der Waals surface area contributed by atoms with E-state index in [1.54, 1.807) is 0 Å². The van der Waals surface area contributed by atoms with Gasteiger partial charge in [-0.3, -0.25) is 9.38 Å². The Morgan fingerprint density at radius 1 is 0.645 bits per heavy atom. The van der Waals surface area contributed by atoms with Gasteiger partial charge in [-0.2, -0.15) is 0 Å². The molecule has 3 heteroatoms. The van der Waals surface area contributed by atoms with Crippen LogP contribution in [-0.2, 0) is 12.8 Å². The van der Waals surface area contributed by atoms with Gasteiger partial charge in [0.1, 0.15) is 5.65 Å². The Morgan fingerprint density at radius 3 is 2.35 bits per heavy atom. The topological polar surface area (TPSA) is 30.2 Å². The molecule has 31 heavy (non-hydrogen) atoms. The first-order chi connectivity index (χ1) is 15.3. The summed E-state index contributed by atoms with van der Waals surface area (Å²) in [7, 11) is 0. The third-order valence-corrected chi connectivity index (χ3v) is 7.16. The lowest BCUT2D eigenvalue weighted by atomic mass is 9.96. The molecule has 0 atom stereocenters. The summed E-state index contributed by atoms with van der Waals surface area (Å²) in [5.74, 6) is 0.